The summed E-state index contributed by atoms with van der Waals surface area (Å²) in [5, 5.41) is 6.57. The van der Waals surface area contributed by atoms with Gasteiger partial charge >= 0.3 is 0 Å². The molecule has 2 N–H and O–H groups in total. The van der Waals surface area contributed by atoms with E-state index in [1.54, 1.807) is 0 Å². The molecule has 30 heavy (non-hydrogen) atoms. The monoisotopic (exact) mass is 535 g/mol. The number of guanidine groups is 1. The third-order valence-electron chi connectivity index (χ3n) is 5.30. The van der Waals surface area contributed by atoms with Crippen LogP contribution < -0.4 is 15.4 Å². The van der Waals surface area contributed by atoms with Gasteiger partial charge < -0.3 is 24.8 Å². The molecule has 1 aliphatic heterocycles. The van der Waals surface area contributed by atoms with Crippen LogP contribution in [0.15, 0.2) is 17.1 Å². The van der Waals surface area contributed by atoms with Crippen molar-refractivity contribution in [1.29, 1.82) is 0 Å². The lowest BCUT2D eigenvalue weighted by Gasteiger charge is -2.21. The highest BCUT2D eigenvalue weighted by atomic mass is 127. The summed E-state index contributed by atoms with van der Waals surface area (Å²) in [7, 11) is 0. The predicted molar refractivity (Wildman–Crippen MR) is 127 cm³/mol. The molecule has 0 atom stereocenters. The van der Waals surface area contributed by atoms with E-state index in [0.717, 1.165) is 29.4 Å². The summed E-state index contributed by atoms with van der Waals surface area (Å²) >= 11 is 0. The lowest BCUT2D eigenvalue weighted by Crippen LogP contribution is -2.38. The normalized spacial score (nSPS) is 17.3. The first-order valence-corrected chi connectivity index (χ1v) is 10.9. The fourth-order valence-electron chi connectivity index (χ4n) is 3.89. The van der Waals surface area contributed by atoms with E-state index < -0.39 is 0 Å². The van der Waals surface area contributed by atoms with Crippen molar-refractivity contribution in [2.45, 2.75) is 64.6 Å². The third kappa shape index (κ3) is 8.19. The molecule has 1 heterocycles. The average molecular weight is 535 g/mol. The van der Waals surface area contributed by atoms with Crippen LogP contribution in [0.5, 0.6) is 5.75 Å². The van der Waals surface area contributed by atoms with E-state index in [0.29, 0.717) is 38.8 Å². The molecule has 0 bridgehead atoms. The van der Waals surface area contributed by atoms with E-state index in [2.05, 4.69) is 15.6 Å². The molecule has 0 spiro atoms. The molecular formula is C22H35FIN3O3. The molecule has 1 fully saturated rings. The Hall–Kier alpha value is -1.13. The Morgan fingerprint density at radius 3 is 2.77 bits per heavy atom. The molecule has 170 valence electrons. The zero-order valence-corrected chi connectivity index (χ0v) is 20.2. The van der Waals surface area contributed by atoms with Gasteiger partial charge in [-0.3, -0.25) is 4.99 Å². The summed E-state index contributed by atoms with van der Waals surface area (Å²) in [4.78, 5) is 4.60. The van der Waals surface area contributed by atoms with Gasteiger partial charge in [-0.25, -0.2) is 4.39 Å². The first-order valence-electron chi connectivity index (χ1n) is 10.9. The molecule has 1 aromatic rings. The van der Waals surface area contributed by atoms with Crippen LogP contribution in [0.2, 0.25) is 0 Å². The molecule has 0 aromatic heterocycles. The third-order valence-corrected chi connectivity index (χ3v) is 5.30. The van der Waals surface area contributed by atoms with E-state index in [-0.39, 0.29) is 36.6 Å². The van der Waals surface area contributed by atoms with Gasteiger partial charge in [-0.05, 0) is 43.9 Å². The van der Waals surface area contributed by atoms with Crippen molar-refractivity contribution in [3.63, 3.8) is 0 Å². The molecule has 1 saturated carbocycles. The lowest BCUT2D eigenvalue weighted by molar-refractivity contribution is -0.0172. The van der Waals surface area contributed by atoms with Crippen LogP contribution in [0.1, 0.15) is 56.6 Å². The van der Waals surface area contributed by atoms with E-state index in [1.807, 2.05) is 6.92 Å². The second-order valence-corrected chi connectivity index (χ2v) is 7.59. The van der Waals surface area contributed by atoms with Crippen LogP contribution in [0.4, 0.5) is 4.39 Å². The van der Waals surface area contributed by atoms with Crippen LogP contribution in [0, 0.1) is 5.82 Å². The number of hydrogen-bond donors (Lipinski definition) is 2. The molecule has 3 rings (SSSR count). The summed E-state index contributed by atoms with van der Waals surface area (Å²) in [6.07, 6.45) is 8.60. The largest absolute Gasteiger partial charge is 0.467 e. The van der Waals surface area contributed by atoms with Gasteiger partial charge in [-0.2, -0.15) is 0 Å². The van der Waals surface area contributed by atoms with Gasteiger partial charge in [-0.15, -0.1) is 24.0 Å². The number of ether oxygens (including phenoxy) is 3. The molecule has 1 aromatic carbocycles. The zero-order valence-electron chi connectivity index (χ0n) is 17.9. The summed E-state index contributed by atoms with van der Waals surface area (Å²) in [6.45, 7) is 5.33. The van der Waals surface area contributed by atoms with E-state index in [9.17, 15) is 4.39 Å². The van der Waals surface area contributed by atoms with Gasteiger partial charge in [0, 0.05) is 18.7 Å². The molecule has 0 radical (unpaired) electrons. The van der Waals surface area contributed by atoms with Crippen LogP contribution in [0.25, 0.3) is 0 Å². The number of benzene rings is 1. The fraction of sp³-hybridized carbons (Fsp3) is 0.682. The topological polar surface area (TPSA) is 64.1 Å². The minimum atomic E-state index is -0.260. The highest BCUT2D eigenvalue weighted by Crippen LogP contribution is 2.29. The fourth-order valence-corrected chi connectivity index (χ4v) is 3.89. The van der Waals surface area contributed by atoms with Crippen LogP contribution in [0.3, 0.4) is 0 Å². The first-order chi connectivity index (χ1) is 14.3. The summed E-state index contributed by atoms with van der Waals surface area (Å²) in [6, 6.07) is 3.02. The number of nitrogens with zero attached hydrogens (tertiary/aromatic N) is 1. The second-order valence-electron chi connectivity index (χ2n) is 7.59. The van der Waals surface area contributed by atoms with Gasteiger partial charge in [0.05, 0.1) is 25.9 Å². The molecular weight excluding hydrogens is 500 g/mol. The smallest absolute Gasteiger partial charge is 0.191 e. The SMILES string of the molecule is CCNC(=NCCOC1CCCCCC1)NCCc1cc(F)cc2c1OCOC2.I. The Labute approximate surface area is 196 Å². The van der Waals surface area contributed by atoms with Crippen LogP contribution in [-0.4, -0.2) is 45.1 Å². The highest BCUT2D eigenvalue weighted by Gasteiger charge is 2.17. The summed E-state index contributed by atoms with van der Waals surface area (Å²) in [5.74, 6) is 1.24. The number of hydrogen-bond acceptors (Lipinski definition) is 4. The summed E-state index contributed by atoms with van der Waals surface area (Å²) in [5.41, 5.74) is 1.62. The standard InChI is InChI=1S/C22H34FN3O3.HI/c1-2-24-22(26-11-12-28-20-7-5-3-4-6-8-20)25-10-9-17-13-19(23)14-18-15-27-16-29-21(17)18;/h13-14,20H,2-12,15-16H2,1H3,(H2,24,25,26);1H. The number of fused-ring (bicyclic) bond motifs is 1. The molecule has 2 aliphatic rings. The Kier molecular flexibility index (Phi) is 11.8. The van der Waals surface area contributed by atoms with Gasteiger partial charge in [0.1, 0.15) is 11.6 Å². The Balaban J connectivity index is 0.00000320. The second kappa shape index (κ2) is 14.0. The predicted octanol–water partition coefficient (Wildman–Crippen LogP) is 4.15. The van der Waals surface area contributed by atoms with Crippen LogP contribution >= 0.6 is 24.0 Å². The molecule has 8 heteroatoms. The van der Waals surface area contributed by atoms with E-state index in [1.165, 1.54) is 50.7 Å². The Bertz CT molecular complexity index is 667. The Morgan fingerprint density at radius 2 is 2.00 bits per heavy atom. The van der Waals surface area contributed by atoms with Crippen molar-refractivity contribution in [2.75, 3.05) is 33.0 Å². The first kappa shape index (κ1) is 25.1. The molecule has 1 aliphatic carbocycles. The molecule has 6 nitrogen and oxygen atoms in total. The number of aliphatic imine (C=N–C) groups is 1. The quantitative estimate of drug-likeness (QED) is 0.172. The Morgan fingerprint density at radius 1 is 1.20 bits per heavy atom. The van der Waals surface area contributed by atoms with Gasteiger partial charge in [0.15, 0.2) is 12.8 Å². The molecule has 0 unspecified atom stereocenters. The van der Waals surface area contributed by atoms with Crippen molar-refractivity contribution < 1.29 is 18.6 Å². The lowest BCUT2D eigenvalue weighted by atomic mass is 10.1. The molecule has 0 amide bonds. The van der Waals surface area contributed by atoms with Crippen molar-refractivity contribution in [1.82, 2.24) is 10.6 Å². The number of halogens is 2. The summed E-state index contributed by atoms with van der Waals surface area (Å²) < 4.78 is 30.7. The van der Waals surface area contributed by atoms with Gasteiger partial charge in [0.25, 0.3) is 0 Å². The minimum Gasteiger partial charge on any atom is -0.467 e. The van der Waals surface area contributed by atoms with Crippen molar-refractivity contribution in [3.05, 3.63) is 29.1 Å². The maximum Gasteiger partial charge on any atom is 0.191 e. The minimum absolute atomic E-state index is 0. The zero-order chi connectivity index (χ0) is 20.3. The number of nitrogens with one attached hydrogen (secondary N) is 2. The maximum absolute atomic E-state index is 13.9. The van der Waals surface area contributed by atoms with Crippen molar-refractivity contribution in [3.8, 4) is 5.75 Å². The van der Waals surface area contributed by atoms with Crippen molar-refractivity contribution in [2.24, 2.45) is 4.99 Å². The molecule has 0 saturated heterocycles. The van der Waals surface area contributed by atoms with Crippen molar-refractivity contribution >= 4 is 29.9 Å². The van der Waals surface area contributed by atoms with Gasteiger partial charge in [0.2, 0.25) is 0 Å². The maximum atomic E-state index is 13.9. The highest BCUT2D eigenvalue weighted by molar-refractivity contribution is 14.0. The number of rotatable bonds is 8. The van der Waals surface area contributed by atoms with Crippen LogP contribution in [-0.2, 0) is 22.5 Å². The van der Waals surface area contributed by atoms with Gasteiger partial charge in [-0.1, -0.05) is 25.7 Å². The van der Waals surface area contributed by atoms with E-state index in [4.69, 9.17) is 14.2 Å². The average Bonchev–Trinajstić information content (AvgIpc) is 3.00. The van der Waals surface area contributed by atoms with E-state index >= 15 is 0 Å².